The average molecular weight is 1130 g/mol. The summed E-state index contributed by atoms with van der Waals surface area (Å²) in [5.41, 5.74) is 13.0. The Hall–Kier alpha value is -9.56. The molecule has 20 heteroatoms. The number of rotatable bonds is 24. The van der Waals surface area contributed by atoms with Crippen LogP contribution in [0, 0.1) is 0 Å². The van der Waals surface area contributed by atoms with E-state index in [1.54, 1.807) is 66.7 Å². The van der Waals surface area contributed by atoms with Gasteiger partial charge in [-0.05, 0) is 112 Å². The monoisotopic (exact) mass is 1130 g/mol. The second-order valence-corrected chi connectivity index (χ2v) is 20.3. The minimum Gasteiger partial charge on any atom is -0.454 e. The topological polar surface area (TPSA) is 276 Å². The summed E-state index contributed by atoms with van der Waals surface area (Å²) in [6.07, 6.45) is 6.99. The van der Waals surface area contributed by atoms with Crippen molar-refractivity contribution in [3.05, 3.63) is 179 Å². The number of nitrogens with zero attached hydrogens (tertiary/aromatic N) is 5. The lowest BCUT2D eigenvalue weighted by atomic mass is 10.0. The third-order valence-electron chi connectivity index (χ3n) is 13.6. The molecule has 9 rings (SSSR count). The number of hydrogen-bond acceptors (Lipinski definition) is 13. The molecule has 0 unspecified atom stereocenters. The van der Waals surface area contributed by atoms with Gasteiger partial charge in [0.25, 0.3) is 23.6 Å². The Bertz CT molecular complexity index is 3320. The molecule has 3 aliphatic rings. The van der Waals surface area contributed by atoms with Crippen molar-refractivity contribution in [3.8, 4) is 11.5 Å². The molecule has 0 saturated heterocycles. The predicted octanol–water partition coefficient (Wildman–Crippen LogP) is 7.34. The summed E-state index contributed by atoms with van der Waals surface area (Å²) in [6.45, 7) is 11.0. The number of aliphatic hydroxyl groups is 1. The summed E-state index contributed by atoms with van der Waals surface area (Å²) in [5, 5.41) is 16.0. The van der Waals surface area contributed by atoms with Crippen molar-refractivity contribution in [2.75, 3.05) is 39.5 Å². The quantitative estimate of drug-likeness (QED) is 0.00993. The zero-order valence-corrected chi connectivity index (χ0v) is 46.9. The number of nitrogens with one attached hydrogen (secondary N) is 3. The first-order valence-electron chi connectivity index (χ1n) is 27.4. The molecule has 1 aromatic heterocycles. The number of amidine groups is 1. The van der Waals surface area contributed by atoms with Crippen LogP contribution in [-0.4, -0.2) is 128 Å². The summed E-state index contributed by atoms with van der Waals surface area (Å²) >= 11 is 0. The maximum absolute atomic E-state index is 12.5. The van der Waals surface area contributed by atoms with Gasteiger partial charge in [0.15, 0.2) is 17.3 Å². The van der Waals surface area contributed by atoms with Crippen LogP contribution in [-0.2, 0) is 32.0 Å². The summed E-state index contributed by atoms with van der Waals surface area (Å²) in [5.74, 6) is -0.00832. The maximum atomic E-state index is 12.5. The van der Waals surface area contributed by atoms with Gasteiger partial charge in [0.1, 0.15) is 17.3 Å². The van der Waals surface area contributed by atoms with Crippen LogP contribution in [0.4, 0.5) is 0 Å². The van der Waals surface area contributed by atoms with Crippen molar-refractivity contribution in [1.29, 1.82) is 0 Å². The van der Waals surface area contributed by atoms with Crippen LogP contribution in [0.1, 0.15) is 124 Å². The number of nitrogens with two attached hydrogens (primary N) is 1. The van der Waals surface area contributed by atoms with Crippen molar-refractivity contribution < 1.29 is 52.9 Å². The van der Waals surface area contributed by atoms with Crippen LogP contribution in [0.3, 0.4) is 0 Å². The lowest BCUT2D eigenvalue weighted by molar-refractivity contribution is -0.131. The molecule has 0 atom stereocenters. The van der Waals surface area contributed by atoms with Crippen molar-refractivity contribution in [3.63, 3.8) is 0 Å². The van der Waals surface area contributed by atoms with Crippen LogP contribution in [0.25, 0.3) is 17.1 Å². The van der Waals surface area contributed by atoms with Crippen LogP contribution in [0.2, 0.25) is 0 Å². The molecule has 6 N–H and O–H groups in total. The number of aromatic nitrogens is 2. The molecule has 432 valence electrons. The van der Waals surface area contributed by atoms with Crippen molar-refractivity contribution in [2.45, 2.75) is 84.2 Å². The normalized spacial score (nSPS) is 13.3. The molecule has 5 aromatic carbocycles. The number of imidazole rings is 1. The van der Waals surface area contributed by atoms with Crippen LogP contribution in [0.5, 0.6) is 11.5 Å². The van der Waals surface area contributed by atoms with Gasteiger partial charge in [0.05, 0.1) is 33.3 Å². The number of ketones is 1. The number of fused-ring (bicyclic) bond motifs is 4. The first-order valence-corrected chi connectivity index (χ1v) is 27.4. The minimum absolute atomic E-state index is 0.0291. The fourth-order valence-corrected chi connectivity index (χ4v) is 8.91. The van der Waals surface area contributed by atoms with Crippen molar-refractivity contribution in [1.82, 2.24) is 35.4 Å². The molecule has 0 radical (unpaired) electrons. The molecule has 0 bridgehead atoms. The van der Waals surface area contributed by atoms with E-state index in [-0.39, 0.29) is 87.4 Å². The average Bonchev–Trinajstić information content (AvgIpc) is 4.42. The standard InChI is InChI=1S/C29H30N6O6.C21H25N3O.C13H14O4/c1-18(13-15-34-26(38)19-7-2-3-8-20(19)27(34)39)17-31-24(36)11-6-12-25(37)33-32-23(30)14-16-35-28(40)21-9-4-5-10-22(21)29(35)41;1-2-24(16-8-11-17-9-4-3-5-10-17)21(25)15-14-20-22-18-12-6-7-13-19(18)23-20;1-13(2,15)12(14)6-4-9-3-5-10-11(7-9)17-8-16-10/h2-5,7-10H,1,6,11-17H2,(H2,30,32)(H,31,36)(H,33,37);3-7,9-10,12-13H,2,8,11,14-16H2,1H3,(H,22,23);3-7,15H,8H2,1-2H3/b;;6-4+. The highest BCUT2D eigenvalue weighted by atomic mass is 16.7. The molecular formula is C63H69N9O11. The van der Waals surface area contributed by atoms with E-state index in [9.17, 15) is 43.5 Å². The highest BCUT2D eigenvalue weighted by Gasteiger charge is 2.36. The number of H-pyrrole nitrogens is 1. The molecule has 4 heterocycles. The van der Waals surface area contributed by atoms with E-state index in [0.29, 0.717) is 58.6 Å². The number of aromatic amines is 1. The molecular weight excluding hydrogens is 1060 g/mol. The zero-order valence-electron chi connectivity index (χ0n) is 46.9. The Balaban J connectivity index is 0.000000199. The Labute approximate surface area is 481 Å². The molecule has 0 spiro atoms. The number of carbonyl (C=O) groups excluding carboxylic acids is 8. The number of amides is 7. The van der Waals surface area contributed by atoms with Gasteiger partial charge in [-0.15, -0.1) is 0 Å². The van der Waals surface area contributed by atoms with Gasteiger partial charge in [0.2, 0.25) is 24.5 Å². The molecule has 0 aliphatic carbocycles. The molecule has 6 aromatic rings. The Kier molecular flexibility index (Phi) is 21.5. The lowest BCUT2D eigenvalue weighted by Gasteiger charge is -2.20. The van der Waals surface area contributed by atoms with Crippen LogP contribution in [0.15, 0.2) is 145 Å². The Morgan fingerprint density at radius 2 is 1.31 bits per heavy atom. The fourth-order valence-electron chi connectivity index (χ4n) is 8.91. The van der Waals surface area contributed by atoms with E-state index in [1.165, 1.54) is 30.4 Å². The SMILES string of the molecule is C=C(CCN1C(=O)c2ccccc2C1=O)CNC(=O)CCCC(=O)NN=C(N)CCN1C(=O)c2ccccc2C1=O.CC(C)(O)C(=O)/C=C/c1ccc2c(c1)OCO2.CCN(CCCc1ccccc1)C(=O)CCc1nc2ccccc2[nH]1. The van der Waals surface area contributed by atoms with E-state index >= 15 is 0 Å². The molecule has 0 saturated carbocycles. The highest BCUT2D eigenvalue weighted by molar-refractivity contribution is 6.22. The third-order valence-corrected chi connectivity index (χ3v) is 13.6. The highest BCUT2D eigenvalue weighted by Crippen LogP contribution is 2.33. The fraction of sp³-hybridized carbons (Fsp3) is 0.302. The van der Waals surface area contributed by atoms with Gasteiger partial charge in [-0.2, -0.15) is 5.10 Å². The van der Waals surface area contributed by atoms with E-state index < -0.39 is 23.3 Å². The largest absolute Gasteiger partial charge is 0.454 e. The summed E-state index contributed by atoms with van der Waals surface area (Å²) in [7, 11) is 0. The van der Waals surface area contributed by atoms with E-state index in [1.807, 2.05) is 48.2 Å². The van der Waals surface area contributed by atoms with Gasteiger partial charge in [-0.3, -0.25) is 48.2 Å². The number of para-hydroxylation sites is 2. The van der Waals surface area contributed by atoms with Gasteiger partial charge >= 0.3 is 0 Å². The number of aryl methyl sites for hydroxylation is 2. The zero-order chi connectivity index (χ0) is 59.5. The second-order valence-electron chi connectivity index (χ2n) is 20.3. The number of ether oxygens (including phenoxy) is 2. The molecule has 20 nitrogen and oxygen atoms in total. The van der Waals surface area contributed by atoms with Gasteiger partial charge in [-0.1, -0.05) is 91.0 Å². The van der Waals surface area contributed by atoms with Gasteiger partial charge in [0, 0.05) is 64.8 Å². The smallest absolute Gasteiger partial charge is 0.261 e. The van der Waals surface area contributed by atoms with E-state index in [2.05, 4.69) is 56.7 Å². The molecule has 7 amide bonds. The van der Waals surface area contributed by atoms with Crippen LogP contribution < -0.4 is 25.9 Å². The van der Waals surface area contributed by atoms with E-state index in [0.717, 1.165) is 53.3 Å². The second kappa shape index (κ2) is 29.2. The Morgan fingerprint density at radius 3 is 1.93 bits per heavy atom. The summed E-state index contributed by atoms with van der Waals surface area (Å²) in [6, 6.07) is 37.0. The molecule has 3 aliphatic heterocycles. The van der Waals surface area contributed by atoms with Crippen molar-refractivity contribution in [2.24, 2.45) is 10.8 Å². The number of carbonyl (C=O) groups is 8. The number of hydrogen-bond donors (Lipinski definition) is 5. The maximum Gasteiger partial charge on any atom is 0.261 e. The third kappa shape index (κ3) is 17.2. The number of hydrazone groups is 1. The summed E-state index contributed by atoms with van der Waals surface area (Å²) in [4.78, 5) is 110. The first-order chi connectivity index (χ1) is 39.9. The Morgan fingerprint density at radius 1 is 0.735 bits per heavy atom. The van der Waals surface area contributed by atoms with Gasteiger partial charge < -0.3 is 35.5 Å². The number of benzene rings is 5. The number of imide groups is 2. The van der Waals surface area contributed by atoms with Gasteiger partial charge in [-0.25, -0.2) is 10.4 Å². The lowest BCUT2D eigenvalue weighted by Crippen LogP contribution is -2.34. The summed E-state index contributed by atoms with van der Waals surface area (Å²) < 4.78 is 10.4. The first kappa shape index (κ1) is 61.1. The van der Waals surface area contributed by atoms with Crippen molar-refractivity contribution >= 4 is 70.1 Å². The van der Waals surface area contributed by atoms with Crippen LogP contribution >= 0.6 is 0 Å². The molecule has 83 heavy (non-hydrogen) atoms. The van der Waals surface area contributed by atoms with E-state index in [4.69, 9.17) is 15.2 Å². The molecule has 0 fully saturated rings. The minimum atomic E-state index is -1.34. The predicted molar refractivity (Wildman–Crippen MR) is 313 cm³/mol.